The van der Waals surface area contributed by atoms with Gasteiger partial charge in [-0.25, -0.2) is 18.4 Å². The van der Waals surface area contributed by atoms with Gasteiger partial charge in [0.05, 0.1) is 34.5 Å². The average molecular weight is 499 g/mol. The summed E-state index contributed by atoms with van der Waals surface area (Å²) in [5, 5.41) is 6.36. The summed E-state index contributed by atoms with van der Waals surface area (Å²) < 4.78 is 34.7. The van der Waals surface area contributed by atoms with Crippen LogP contribution in [0.15, 0.2) is 53.7 Å². The van der Waals surface area contributed by atoms with Crippen LogP contribution in [0.5, 0.6) is 5.75 Å². The molecule has 1 aromatic carbocycles. The van der Waals surface area contributed by atoms with Crippen molar-refractivity contribution in [2.45, 2.75) is 37.7 Å². The third-order valence-electron chi connectivity index (χ3n) is 5.59. The summed E-state index contributed by atoms with van der Waals surface area (Å²) in [6.07, 6.45) is 4.21. The Bertz CT molecular complexity index is 1320. The molecule has 10 heteroatoms. The first-order chi connectivity index (χ1) is 16.5. The number of carbonyl (C=O) groups is 1. The van der Waals surface area contributed by atoms with Crippen LogP contribution in [0.3, 0.4) is 0 Å². The summed E-state index contributed by atoms with van der Waals surface area (Å²) in [7, 11) is -0.132. The Balaban J connectivity index is 2.01. The van der Waals surface area contributed by atoms with Crippen molar-refractivity contribution in [3.05, 3.63) is 59.9 Å². The first-order valence-electron chi connectivity index (χ1n) is 11.0. The van der Waals surface area contributed by atoms with Crippen molar-refractivity contribution in [1.82, 2.24) is 9.97 Å². The van der Waals surface area contributed by atoms with E-state index in [9.17, 15) is 13.2 Å². The van der Waals surface area contributed by atoms with E-state index in [4.69, 9.17) is 9.47 Å². The molecule has 2 aromatic heterocycles. The summed E-state index contributed by atoms with van der Waals surface area (Å²) in [5.74, 6) is 1.35. The van der Waals surface area contributed by atoms with Crippen molar-refractivity contribution in [2.75, 3.05) is 31.1 Å². The number of ketones is 1. The van der Waals surface area contributed by atoms with E-state index in [0.29, 0.717) is 40.7 Å². The van der Waals surface area contributed by atoms with Crippen LogP contribution in [0.4, 0.5) is 23.0 Å². The zero-order chi connectivity index (χ0) is 25.8. The van der Waals surface area contributed by atoms with Crippen LogP contribution in [0, 0.1) is 0 Å². The van der Waals surface area contributed by atoms with Gasteiger partial charge in [0.2, 0.25) is 0 Å². The maximum Gasteiger partial charge on any atom is 0.177 e. The molecule has 0 aliphatic carbocycles. The third-order valence-corrected chi connectivity index (χ3v) is 6.69. The van der Waals surface area contributed by atoms with E-state index in [0.717, 1.165) is 11.8 Å². The molecule has 0 bridgehead atoms. The van der Waals surface area contributed by atoms with Crippen LogP contribution in [-0.2, 0) is 20.2 Å². The second-order valence-electron chi connectivity index (χ2n) is 8.39. The van der Waals surface area contributed by atoms with E-state index in [1.54, 1.807) is 33.3 Å². The summed E-state index contributed by atoms with van der Waals surface area (Å²) in [5.41, 5.74) is 1.87. The largest absolute Gasteiger partial charge is 0.494 e. The van der Waals surface area contributed by atoms with Crippen LogP contribution >= 0.6 is 0 Å². The van der Waals surface area contributed by atoms with Crippen molar-refractivity contribution in [2.24, 2.45) is 0 Å². The fourth-order valence-electron chi connectivity index (χ4n) is 3.43. The van der Waals surface area contributed by atoms with Gasteiger partial charge in [-0.1, -0.05) is 19.1 Å². The van der Waals surface area contributed by atoms with Crippen molar-refractivity contribution >= 4 is 38.6 Å². The Morgan fingerprint density at radius 1 is 1.00 bits per heavy atom. The second kappa shape index (κ2) is 10.4. The topological polar surface area (TPSA) is 120 Å². The molecule has 0 atom stereocenters. The molecule has 35 heavy (non-hydrogen) atoms. The third kappa shape index (κ3) is 5.95. The molecule has 186 valence electrons. The van der Waals surface area contributed by atoms with E-state index in [1.165, 1.54) is 18.5 Å². The zero-order valence-corrected chi connectivity index (χ0v) is 21.5. The quantitative estimate of drug-likeness (QED) is 0.378. The Labute approximate surface area is 205 Å². The van der Waals surface area contributed by atoms with Gasteiger partial charge in [0.25, 0.3) is 0 Å². The van der Waals surface area contributed by atoms with E-state index >= 15 is 0 Å². The number of methoxy groups -OCH3 is 2. The van der Waals surface area contributed by atoms with Gasteiger partial charge in [-0.2, -0.15) is 0 Å². The minimum Gasteiger partial charge on any atom is -0.494 e. The number of benzene rings is 1. The van der Waals surface area contributed by atoms with Crippen molar-refractivity contribution in [1.29, 1.82) is 0 Å². The number of anilines is 4. The maximum atomic E-state index is 12.6. The van der Waals surface area contributed by atoms with E-state index in [2.05, 4.69) is 20.6 Å². The number of carbonyl (C=O) groups excluding carboxylic acids is 1. The minimum absolute atomic E-state index is 0.0745. The van der Waals surface area contributed by atoms with Gasteiger partial charge in [0, 0.05) is 43.8 Å². The lowest BCUT2D eigenvalue weighted by molar-refractivity contribution is 0.0174. The highest BCUT2D eigenvalue weighted by Crippen LogP contribution is 2.39. The molecule has 2 N–H and O–H groups in total. The second-order valence-corrected chi connectivity index (χ2v) is 10.4. The van der Waals surface area contributed by atoms with Crippen molar-refractivity contribution in [3.8, 4) is 5.75 Å². The lowest BCUT2D eigenvalue weighted by atomic mass is 9.96. The van der Waals surface area contributed by atoms with E-state index < -0.39 is 15.4 Å². The number of para-hydroxylation sites is 1. The maximum absolute atomic E-state index is 12.6. The molecule has 3 aromatic rings. The highest BCUT2D eigenvalue weighted by molar-refractivity contribution is 7.90. The zero-order valence-electron chi connectivity index (χ0n) is 20.7. The average Bonchev–Trinajstić information content (AvgIpc) is 2.83. The van der Waals surface area contributed by atoms with Crippen LogP contribution in [0.1, 0.15) is 43.1 Å². The number of Topliss-reactive ketones (excluding diaryl/α,β-unsaturated/α-hetero) is 1. The summed E-state index contributed by atoms with van der Waals surface area (Å²) in [4.78, 5) is 21.2. The predicted molar refractivity (Wildman–Crippen MR) is 136 cm³/mol. The van der Waals surface area contributed by atoms with Crippen LogP contribution < -0.4 is 15.4 Å². The number of hydrogen-bond acceptors (Lipinski definition) is 9. The van der Waals surface area contributed by atoms with Crippen LogP contribution in [-0.4, -0.2) is 44.6 Å². The molecular weight excluding hydrogens is 468 g/mol. The van der Waals surface area contributed by atoms with Gasteiger partial charge in [-0.05, 0) is 32.0 Å². The molecule has 0 aliphatic rings. The lowest BCUT2D eigenvalue weighted by Gasteiger charge is -2.27. The highest BCUT2D eigenvalue weighted by atomic mass is 32.2. The first-order valence-corrected chi connectivity index (χ1v) is 12.8. The predicted octanol–water partition coefficient (Wildman–Crippen LogP) is 4.85. The molecular formula is C25H30N4O5S. The SMILES string of the molecule is CCC(=O)c1cnc(Nc2ccc(S(C)(=O)=O)cn2)cc1Nc1cccc(C(C)(C)OC)c1OC. The first kappa shape index (κ1) is 26.1. The minimum atomic E-state index is -3.35. The van der Waals surface area contributed by atoms with Crippen LogP contribution in [0.25, 0.3) is 0 Å². The Hall–Kier alpha value is -3.50. The van der Waals surface area contributed by atoms with Gasteiger partial charge >= 0.3 is 0 Å². The van der Waals surface area contributed by atoms with E-state index in [1.807, 2.05) is 32.0 Å². The Morgan fingerprint density at radius 2 is 1.71 bits per heavy atom. The summed E-state index contributed by atoms with van der Waals surface area (Å²) in [6, 6.07) is 10.4. The number of nitrogens with zero attached hydrogens (tertiary/aromatic N) is 2. The normalized spacial score (nSPS) is 11.7. The molecule has 3 rings (SSSR count). The monoisotopic (exact) mass is 498 g/mol. The summed E-state index contributed by atoms with van der Waals surface area (Å²) in [6.45, 7) is 5.67. The number of ether oxygens (including phenoxy) is 2. The smallest absolute Gasteiger partial charge is 0.177 e. The number of sulfone groups is 1. The Morgan fingerprint density at radius 3 is 2.29 bits per heavy atom. The molecule has 0 aliphatic heterocycles. The van der Waals surface area contributed by atoms with Gasteiger partial charge in [-0.3, -0.25) is 4.79 Å². The van der Waals surface area contributed by atoms with Gasteiger partial charge in [-0.15, -0.1) is 0 Å². The molecule has 2 heterocycles. The molecule has 0 saturated carbocycles. The van der Waals surface area contributed by atoms with Crippen molar-refractivity contribution < 1.29 is 22.7 Å². The fourth-order valence-corrected chi connectivity index (χ4v) is 3.99. The molecule has 0 fully saturated rings. The Kier molecular flexibility index (Phi) is 7.76. The fraction of sp³-hybridized carbons (Fsp3) is 0.320. The van der Waals surface area contributed by atoms with Gasteiger partial charge < -0.3 is 20.1 Å². The molecule has 9 nitrogen and oxygen atoms in total. The number of rotatable bonds is 10. The highest BCUT2D eigenvalue weighted by Gasteiger charge is 2.26. The molecule has 0 amide bonds. The number of pyridine rings is 2. The molecule has 0 saturated heterocycles. The molecule has 0 unspecified atom stereocenters. The lowest BCUT2D eigenvalue weighted by Crippen LogP contribution is -2.20. The standard InChI is InChI=1S/C25H30N4O5S/c1-7-21(30)17-15-27-23(29-22-12-11-16(14-26-22)35(6,31)32)13-20(17)28-19-10-8-9-18(24(19)33-4)25(2,3)34-5/h8-15H,7H2,1-6H3,(H2,26,27,28,29). The van der Waals surface area contributed by atoms with Crippen LogP contribution in [0.2, 0.25) is 0 Å². The summed E-state index contributed by atoms with van der Waals surface area (Å²) >= 11 is 0. The number of nitrogens with one attached hydrogen (secondary N) is 2. The number of aromatic nitrogens is 2. The van der Waals surface area contributed by atoms with Gasteiger partial charge in [0.15, 0.2) is 15.6 Å². The molecule has 0 radical (unpaired) electrons. The molecule has 0 spiro atoms. The number of hydrogen-bond donors (Lipinski definition) is 2. The van der Waals surface area contributed by atoms with Gasteiger partial charge in [0.1, 0.15) is 17.4 Å². The van der Waals surface area contributed by atoms with Crippen molar-refractivity contribution in [3.63, 3.8) is 0 Å². The van der Waals surface area contributed by atoms with E-state index in [-0.39, 0.29) is 10.7 Å².